The molecule has 1 rings (SSSR count). The Balaban J connectivity index is 2.56. The van der Waals surface area contributed by atoms with Crippen molar-refractivity contribution in [2.75, 3.05) is 6.61 Å². The summed E-state index contributed by atoms with van der Waals surface area (Å²) < 4.78 is 4.06. The zero-order valence-electron chi connectivity index (χ0n) is 4.13. The summed E-state index contributed by atoms with van der Waals surface area (Å²) in [4.78, 5) is 10.3. The van der Waals surface area contributed by atoms with Gasteiger partial charge in [-0.15, -0.1) is 0 Å². The molecule has 2 nitrogen and oxygen atoms in total. The van der Waals surface area contributed by atoms with Crippen molar-refractivity contribution < 1.29 is 9.53 Å². The SMILES string of the molecule is O=C1CC(S)(S)CO1. The molecule has 8 heavy (non-hydrogen) atoms. The third-order valence-electron chi connectivity index (χ3n) is 0.892. The molecule has 1 aliphatic heterocycles. The lowest BCUT2D eigenvalue weighted by atomic mass is 10.3. The monoisotopic (exact) mass is 150 g/mol. The molecular formula is C4H6O2S2. The number of carbonyl (C=O) groups excluding carboxylic acids is 1. The van der Waals surface area contributed by atoms with Gasteiger partial charge in [-0.3, -0.25) is 4.79 Å². The van der Waals surface area contributed by atoms with E-state index >= 15 is 0 Å². The minimum Gasteiger partial charge on any atom is -0.463 e. The Morgan fingerprint density at radius 3 is 2.38 bits per heavy atom. The quantitative estimate of drug-likeness (QED) is 0.298. The van der Waals surface area contributed by atoms with Crippen molar-refractivity contribution >= 4 is 31.2 Å². The Morgan fingerprint density at radius 2 is 2.25 bits per heavy atom. The van der Waals surface area contributed by atoms with Crippen molar-refractivity contribution in [2.45, 2.75) is 10.5 Å². The maximum absolute atomic E-state index is 10.3. The fourth-order valence-corrected chi connectivity index (χ4v) is 0.917. The van der Waals surface area contributed by atoms with E-state index in [1.165, 1.54) is 0 Å². The summed E-state index contributed by atoms with van der Waals surface area (Å²) in [5, 5.41) is 0. The van der Waals surface area contributed by atoms with Gasteiger partial charge >= 0.3 is 5.97 Å². The Hall–Kier alpha value is 0.170. The molecule has 0 aliphatic carbocycles. The summed E-state index contributed by atoms with van der Waals surface area (Å²) in [5.74, 6) is -0.213. The van der Waals surface area contributed by atoms with Crippen molar-refractivity contribution in [1.29, 1.82) is 0 Å². The first-order chi connectivity index (χ1) is 3.60. The van der Waals surface area contributed by atoms with Gasteiger partial charge in [0.25, 0.3) is 0 Å². The number of hydrogen-bond donors (Lipinski definition) is 2. The van der Waals surface area contributed by atoms with Crippen molar-refractivity contribution in [1.82, 2.24) is 0 Å². The molecule has 0 bridgehead atoms. The van der Waals surface area contributed by atoms with Crippen LogP contribution in [-0.4, -0.2) is 16.7 Å². The van der Waals surface area contributed by atoms with E-state index in [9.17, 15) is 4.79 Å². The molecule has 1 saturated heterocycles. The van der Waals surface area contributed by atoms with Crippen LogP contribution in [0.2, 0.25) is 0 Å². The third kappa shape index (κ3) is 1.32. The zero-order chi connectivity index (χ0) is 6.20. The summed E-state index contributed by atoms with van der Waals surface area (Å²) in [7, 11) is 0. The topological polar surface area (TPSA) is 26.3 Å². The largest absolute Gasteiger partial charge is 0.463 e. The highest BCUT2D eigenvalue weighted by Gasteiger charge is 2.33. The molecule has 0 unspecified atom stereocenters. The van der Waals surface area contributed by atoms with Gasteiger partial charge in [-0.05, 0) is 0 Å². The van der Waals surface area contributed by atoms with Gasteiger partial charge in [0, 0.05) is 0 Å². The lowest BCUT2D eigenvalue weighted by Crippen LogP contribution is -2.10. The highest BCUT2D eigenvalue weighted by molar-refractivity contribution is 8.00. The highest BCUT2D eigenvalue weighted by Crippen LogP contribution is 2.29. The molecular weight excluding hydrogens is 144 g/mol. The second-order valence-electron chi connectivity index (χ2n) is 1.82. The van der Waals surface area contributed by atoms with Gasteiger partial charge in [0.15, 0.2) is 0 Å². The summed E-state index contributed by atoms with van der Waals surface area (Å²) in [6.07, 6.45) is 0.305. The Bertz CT molecular complexity index is 121. The molecule has 0 amide bonds. The molecule has 0 aromatic rings. The van der Waals surface area contributed by atoms with Crippen molar-refractivity contribution in [3.63, 3.8) is 0 Å². The van der Waals surface area contributed by atoms with E-state index in [0.717, 1.165) is 0 Å². The van der Waals surface area contributed by atoms with E-state index in [1.54, 1.807) is 0 Å². The predicted octanol–water partition coefficient (Wildman–Crippen LogP) is 0.489. The van der Waals surface area contributed by atoms with Gasteiger partial charge in [0.05, 0.1) is 10.5 Å². The van der Waals surface area contributed by atoms with Crippen LogP contribution in [-0.2, 0) is 9.53 Å². The molecule has 1 fully saturated rings. The fourth-order valence-electron chi connectivity index (χ4n) is 0.529. The van der Waals surface area contributed by atoms with Crippen LogP contribution >= 0.6 is 25.3 Å². The van der Waals surface area contributed by atoms with Gasteiger partial charge in [0.1, 0.15) is 6.61 Å². The molecule has 0 atom stereocenters. The number of thiol groups is 2. The molecule has 1 heterocycles. The summed E-state index contributed by atoms with van der Waals surface area (Å²) in [5.41, 5.74) is 0. The number of ether oxygens (including phenoxy) is 1. The van der Waals surface area contributed by atoms with E-state index in [-0.39, 0.29) is 5.97 Å². The molecule has 1 aliphatic rings. The molecule has 0 N–H and O–H groups in total. The van der Waals surface area contributed by atoms with Gasteiger partial charge in [-0.25, -0.2) is 0 Å². The highest BCUT2D eigenvalue weighted by atomic mass is 32.2. The lowest BCUT2D eigenvalue weighted by molar-refractivity contribution is -0.137. The van der Waals surface area contributed by atoms with Gasteiger partial charge in [0.2, 0.25) is 0 Å². The van der Waals surface area contributed by atoms with Crippen molar-refractivity contribution in [3.05, 3.63) is 0 Å². The summed E-state index contributed by atoms with van der Waals surface area (Å²) >= 11 is 8.05. The molecule has 0 aromatic carbocycles. The molecule has 0 aromatic heterocycles. The average Bonchev–Trinajstić information content (AvgIpc) is 1.82. The Labute approximate surface area is 58.4 Å². The van der Waals surface area contributed by atoms with Crippen LogP contribution in [0.3, 0.4) is 0 Å². The van der Waals surface area contributed by atoms with Gasteiger partial charge in [-0.2, -0.15) is 25.3 Å². The summed E-state index contributed by atoms with van der Waals surface area (Å²) in [6.45, 7) is 0.318. The zero-order valence-corrected chi connectivity index (χ0v) is 5.91. The number of rotatable bonds is 0. The number of esters is 1. The summed E-state index contributed by atoms with van der Waals surface area (Å²) in [6, 6.07) is 0. The standard InChI is InChI=1S/C4H6O2S2/c5-3-1-4(7,8)2-6-3/h7-8H,1-2H2. The van der Waals surface area contributed by atoms with Crippen LogP contribution in [0.25, 0.3) is 0 Å². The van der Waals surface area contributed by atoms with Crippen LogP contribution < -0.4 is 0 Å². The second-order valence-corrected chi connectivity index (χ2v) is 3.88. The van der Waals surface area contributed by atoms with Crippen LogP contribution in [0.5, 0.6) is 0 Å². The van der Waals surface area contributed by atoms with E-state index < -0.39 is 4.08 Å². The maximum atomic E-state index is 10.3. The van der Waals surface area contributed by atoms with Gasteiger partial charge < -0.3 is 4.74 Å². The molecule has 4 heteroatoms. The molecule has 46 valence electrons. The van der Waals surface area contributed by atoms with Crippen LogP contribution in [0.4, 0.5) is 0 Å². The fraction of sp³-hybridized carbons (Fsp3) is 0.750. The maximum Gasteiger partial charge on any atom is 0.308 e. The van der Waals surface area contributed by atoms with Gasteiger partial charge in [-0.1, -0.05) is 0 Å². The average molecular weight is 150 g/mol. The smallest absolute Gasteiger partial charge is 0.308 e. The normalized spacial score (nSPS) is 25.5. The number of cyclic esters (lactones) is 1. The van der Waals surface area contributed by atoms with Crippen LogP contribution in [0.15, 0.2) is 0 Å². The lowest BCUT2D eigenvalue weighted by Gasteiger charge is -2.06. The first-order valence-corrected chi connectivity index (χ1v) is 3.10. The van der Waals surface area contributed by atoms with E-state index in [2.05, 4.69) is 30.0 Å². The third-order valence-corrected chi connectivity index (χ3v) is 1.47. The Kier molecular flexibility index (Phi) is 1.45. The van der Waals surface area contributed by atoms with Crippen LogP contribution in [0, 0.1) is 0 Å². The first kappa shape index (κ1) is 6.29. The molecule has 0 saturated carbocycles. The van der Waals surface area contributed by atoms with Crippen LogP contribution in [0.1, 0.15) is 6.42 Å². The number of hydrogen-bond acceptors (Lipinski definition) is 4. The molecule has 0 radical (unpaired) electrons. The number of carbonyl (C=O) groups is 1. The Morgan fingerprint density at radius 1 is 1.62 bits per heavy atom. The first-order valence-electron chi connectivity index (χ1n) is 2.20. The predicted molar refractivity (Wildman–Crippen MR) is 36.3 cm³/mol. The van der Waals surface area contributed by atoms with E-state index in [4.69, 9.17) is 0 Å². The molecule has 0 spiro atoms. The minimum atomic E-state index is -0.517. The minimum absolute atomic E-state index is 0.213. The van der Waals surface area contributed by atoms with Crippen molar-refractivity contribution in [3.8, 4) is 0 Å². The van der Waals surface area contributed by atoms with E-state index in [1.807, 2.05) is 0 Å². The van der Waals surface area contributed by atoms with E-state index in [0.29, 0.717) is 13.0 Å². The van der Waals surface area contributed by atoms with Crippen molar-refractivity contribution in [2.24, 2.45) is 0 Å². The second kappa shape index (κ2) is 1.84.